The Hall–Kier alpha value is -3.34. The second-order valence-electron chi connectivity index (χ2n) is 8.76. The lowest BCUT2D eigenvalue weighted by Gasteiger charge is -2.44. The number of ether oxygens (including phenoxy) is 1. The molecule has 1 N–H and O–H groups in total. The van der Waals surface area contributed by atoms with Crippen LogP contribution in [0.15, 0.2) is 83.8 Å². The van der Waals surface area contributed by atoms with E-state index < -0.39 is 33.8 Å². The molecule has 2 unspecified atom stereocenters. The summed E-state index contributed by atoms with van der Waals surface area (Å²) in [6.45, 7) is -0.238. The number of hydrogen-bond acceptors (Lipinski definition) is 4. The van der Waals surface area contributed by atoms with Crippen LogP contribution in [-0.4, -0.2) is 61.8 Å². The molecule has 3 aromatic carbocycles. The van der Waals surface area contributed by atoms with Crippen molar-refractivity contribution in [2.45, 2.75) is 23.2 Å². The summed E-state index contributed by atoms with van der Waals surface area (Å²) >= 11 is 0. The third kappa shape index (κ3) is 4.47. The maximum absolute atomic E-state index is 15.6. The van der Waals surface area contributed by atoms with Crippen LogP contribution in [0.3, 0.4) is 0 Å². The molecule has 5 rings (SSSR count). The van der Waals surface area contributed by atoms with Crippen LogP contribution in [0.2, 0.25) is 0 Å². The minimum atomic E-state index is -4.13. The molecule has 188 valence electrons. The normalized spacial score (nSPS) is 22.6. The van der Waals surface area contributed by atoms with E-state index in [0.29, 0.717) is 5.69 Å². The Morgan fingerprint density at radius 2 is 1.69 bits per heavy atom. The lowest BCUT2D eigenvalue weighted by Crippen LogP contribution is -2.63. The molecule has 2 atom stereocenters. The van der Waals surface area contributed by atoms with E-state index in [4.69, 9.17) is 4.74 Å². The third-order valence-electron chi connectivity index (χ3n) is 6.59. The average Bonchev–Trinajstić information content (AvgIpc) is 3.32. The predicted molar refractivity (Wildman–Crippen MR) is 131 cm³/mol. The van der Waals surface area contributed by atoms with E-state index in [-0.39, 0.29) is 37.6 Å². The summed E-state index contributed by atoms with van der Waals surface area (Å²) in [4.78, 5) is 14.1. The van der Waals surface area contributed by atoms with Gasteiger partial charge in [0.25, 0.3) is 0 Å². The summed E-state index contributed by atoms with van der Waals surface area (Å²) in [5.74, 6) is -0.571. The van der Waals surface area contributed by atoms with Gasteiger partial charge in [0.05, 0.1) is 18.0 Å². The highest BCUT2D eigenvalue weighted by Gasteiger charge is 2.57. The number of nitrogens with one attached hydrogen (secondary N) is 1. The molecule has 1 spiro atoms. The number of sulfonamides is 1. The first-order valence-corrected chi connectivity index (χ1v) is 13.0. The van der Waals surface area contributed by atoms with Crippen LogP contribution in [0.4, 0.5) is 19.3 Å². The zero-order valence-corrected chi connectivity index (χ0v) is 20.1. The summed E-state index contributed by atoms with van der Waals surface area (Å²) in [5, 5.41) is 2.81. The van der Waals surface area contributed by atoms with Crippen molar-refractivity contribution in [3.63, 3.8) is 0 Å². The number of anilines is 1. The zero-order valence-electron chi connectivity index (χ0n) is 19.3. The summed E-state index contributed by atoms with van der Waals surface area (Å²) in [6, 6.07) is 21.0. The highest BCUT2D eigenvalue weighted by Crippen LogP contribution is 2.40. The van der Waals surface area contributed by atoms with Crippen molar-refractivity contribution in [2.24, 2.45) is 0 Å². The van der Waals surface area contributed by atoms with Crippen molar-refractivity contribution in [1.29, 1.82) is 0 Å². The zero-order chi connectivity index (χ0) is 25.3. The summed E-state index contributed by atoms with van der Waals surface area (Å²) < 4.78 is 62.1. The van der Waals surface area contributed by atoms with Crippen LogP contribution < -0.4 is 5.32 Å². The fraction of sp³-hybridized carbons (Fsp3) is 0.269. The fourth-order valence-corrected chi connectivity index (χ4v) is 6.46. The van der Waals surface area contributed by atoms with E-state index >= 15 is 4.39 Å². The molecule has 2 heterocycles. The molecule has 0 radical (unpaired) electrons. The molecule has 3 aromatic rings. The van der Waals surface area contributed by atoms with Gasteiger partial charge in [0.2, 0.25) is 10.0 Å². The number of halogens is 2. The SMILES string of the molecule is O=C(Nc1cccc(-c2ccccc2)c1)N1CCC2(OCCN2S(=O)(=O)c2ccc(F)cc2)C(F)C1. The van der Waals surface area contributed by atoms with Gasteiger partial charge in [-0.2, -0.15) is 4.31 Å². The van der Waals surface area contributed by atoms with Gasteiger partial charge in [-0.1, -0.05) is 42.5 Å². The summed E-state index contributed by atoms with van der Waals surface area (Å²) in [6.07, 6.45) is -1.81. The quantitative estimate of drug-likeness (QED) is 0.558. The largest absolute Gasteiger partial charge is 0.355 e. The Morgan fingerprint density at radius 1 is 0.972 bits per heavy atom. The summed E-state index contributed by atoms with van der Waals surface area (Å²) in [5.41, 5.74) is 0.778. The molecule has 36 heavy (non-hydrogen) atoms. The van der Waals surface area contributed by atoms with Gasteiger partial charge in [-0.25, -0.2) is 22.0 Å². The van der Waals surface area contributed by atoms with Gasteiger partial charge in [0, 0.05) is 25.2 Å². The molecule has 7 nitrogen and oxygen atoms in total. The molecule has 2 aliphatic rings. The van der Waals surface area contributed by atoms with Crippen LogP contribution >= 0.6 is 0 Å². The van der Waals surface area contributed by atoms with Gasteiger partial charge in [0.1, 0.15) is 5.82 Å². The van der Waals surface area contributed by atoms with Gasteiger partial charge in [0.15, 0.2) is 11.9 Å². The number of carbonyl (C=O) groups is 1. The highest BCUT2D eigenvalue weighted by molar-refractivity contribution is 7.89. The minimum absolute atomic E-state index is 0.0271. The van der Waals surface area contributed by atoms with Crippen molar-refractivity contribution >= 4 is 21.7 Å². The van der Waals surface area contributed by atoms with E-state index in [2.05, 4.69) is 5.32 Å². The van der Waals surface area contributed by atoms with Crippen molar-refractivity contribution in [3.8, 4) is 11.1 Å². The number of likely N-dealkylation sites (tertiary alicyclic amines) is 1. The van der Waals surface area contributed by atoms with Gasteiger partial charge in [-0.3, -0.25) is 0 Å². The third-order valence-corrected chi connectivity index (χ3v) is 8.53. The Balaban J connectivity index is 1.30. The molecule has 0 saturated carbocycles. The lowest BCUT2D eigenvalue weighted by atomic mass is 9.99. The molecule has 0 bridgehead atoms. The van der Waals surface area contributed by atoms with Crippen LogP contribution in [-0.2, 0) is 14.8 Å². The molecule has 2 saturated heterocycles. The Morgan fingerprint density at radius 3 is 2.42 bits per heavy atom. The fourth-order valence-electron chi connectivity index (χ4n) is 4.74. The monoisotopic (exact) mass is 513 g/mol. The van der Waals surface area contributed by atoms with E-state index in [1.165, 1.54) is 4.90 Å². The number of benzene rings is 3. The van der Waals surface area contributed by atoms with Crippen LogP contribution in [0.5, 0.6) is 0 Å². The van der Waals surface area contributed by atoms with Crippen LogP contribution in [0.25, 0.3) is 11.1 Å². The number of alkyl halides is 1. The number of hydrogen-bond donors (Lipinski definition) is 1. The second kappa shape index (κ2) is 9.61. The molecule has 2 fully saturated rings. The Bertz CT molecular complexity index is 1360. The predicted octanol–water partition coefficient (Wildman–Crippen LogP) is 4.49. The maximum Gasteiger partial charge on any atom is 0.321 e. The first-order valence-electron chi connectivity index (χ1n) is 11.6. The number of amides is 2. The van der Waals surface area contributed by atoms with Gasteiger partial charge >= 0.3 is 6.03 Å². The molecule has 2 aliphatic heterocycles. The number of carbonyl (C=O) groups excluding carboxylic acids is 1. The van der Waals surface area contributed by atoms with Gasteiger partial charge in [-0.05, 0) is 47.5 Å². The number of rotatable bonds is 4. The van der Waals surface area contributed by atoms with Crippen molar-refractivity contribution in [2.75, 3.05) is 31.6 Å². The van der Waals surface area contributed by atoms with Crippen molar-refractivity contribution in [3.05, 3.63) is 84.7 Å². The number of piperidine rings is 1. The van der Waals surface area contributed by atoms with Crippen molar-refractivity contribution < 1.29 is 26.7 Å². The minimum Gasteiger partial charge on any atom is -0.355 e. The van der Waals surface area contributed by atoms with Gasteiger partial charge in [-0.15, -0.1) is 0 Å². The maximum atomic E-state index is 15.6. The first-order chi connectivity index (χ1) is 17.3. The average molecular weight is 514 g/mol. The van der Waals surface area contributed by atoms with Crippen LogP contribution in [0.1, 0.15) is 6.42 Å². The summed E-state index contributed by atoms with van der Waals surface area (Å²) in [7, 11) is -4.13. The van der Waals surface area contributed by atoms with E-state index in [1.54, 1.807) is 6.07 Å². The molecule has 0 aromatic heterocycles. The molecule has 2 amide bonds. The molecular weight excluding hydrogens is 488 g/mol. The second-order valence-corrected chi connectivity index (χ2v) is 10.6. The van der Waals surface area contributed by atoms with E-state index in [1.807, 2.05) is 48.5 Å². The van der Waals surface area contributed by atoms with Gasteiger partial charge < -0.3 is 15.0 Å². The lowest BCUT2D eigenvalue weighted by molar-refractivity contribution is -0.134. The van der Waals surface area contributed by atoms with Crippen molar-refractivity contribution in [1.82, 2.24) is 9.21 Å². The van der Waals surface area contributed by atoms with Crippen LogP contribution in [0, 0.1) is 5.82 Å². The molecular formula is C26H25F2N3O4S. The van der Waals surface area contributed by atoms with E-state index in [9.17, 15) is 17.6 Å². The highest BCUT2D eigenvalue weighted by atomic mass is 32.2. The standard InChI is InChI=1S/C26H25F2N3O4S/c27-21-9-11-23(12-10-21)36(33,34)31-15-16-35-26(31)13-14-30(18-24(26)28)25(32)29-22-8-4-7-20(17-22)19-5-2-1-3-6-19/h1-12,17,24H,13-16,18H2,(H,29,32). The molecule has 0 aliphatic carbocycles. The smallest absolute Gasteiger partial charge is 0.321 e. The number of nitrogens with zero attached hydrogens (tertiary/aromatic N) is 2. The molecule has 10 heteroatoms. The topological polar surface area (TPSA) is 79.0 Å². The first kappa shape index (κ1) is 24.4. The number of urea groups is 1. The van der Waals surface area contributed by atoms with E-state index in [0.717, 1.165) is 39.7 Å². The Kier molecular flexibility index (Phi) is 6.50. The Labute approximate surface area is 208 Å².